The quantitative estimate of drug-likeness (QED) is 0.336. The lowest BCUT2D eigenvalue weighted by Crippen LogP contribution is -2.20. The Hall–Kier alpha value is -4.60. The number of carbonyl (C=O) groups is 1. The fourth-order valence-electron chi connectivity index (χ4n) is 2.79. The van der Waals surface area contributed by atoms with Crippen LogP contribution >= 0.6 is 0 Å². The predicted octanol–water partition coefficient (Wildman–Crippen LogP) is 4.47. The molecule has 0 aliphatic rings. The van der Waals surface area contributed by atoms with Crippen LogP contribution < -0.4 is 10.1 Å². The van der Waals surface area contributed by atoms with E-state index in [0.29, 0.717) is 28.4 Å². The van der Waals surface area contributed by atoms with Gasteiger partial charge in [-0.1, -0.05) is 17.3 Å². The molecule has 4 rings (SSSR count). The molecule has 1 amide bonds. The summed E-state index contributed by atoms with van der Waals surface area (Å²) in [5.41, 5.74) is 1.55. The van der Waals surface area contributed by atoms with Gasteiger partial charge >= 0.3 is 0 Å². The van der Waals surface area contributed by atoms with E-state index < -0.39 is 16.6 Å². The first-order valence-corrected chi connectivity index (χ1v) is 9.35. The van der Waals surface area contributed by atoms with Gasteiger partial charge in [-0.2, -0.15) is 4.98 Å². The average Bonchev–Trinajstić information content (AvgIpc) is 3.30. The first kappa shape index (κ1) is 20.7. The monoisotopic (exact) mass is 434 g/mol. The fourth-order valence-corrected chi connectivity index (χ4v) is 2.79. The topological polar surface area (TPSA) is 120 Å². The molecule has 0 fully saturated rings. The Morgan fingerprint density at radius 2 is 1.81 bits per heavy atom. The summed E-state index contributed by atoms with van der Waals surface area (Å²) in [4.78, 5) is 26.6. The number of halogens is 1. The van der Waals surface area contributed by atoms with Crippen LogP contribution in [0.5, 0.6) is 5.75 Å². The van der Waals surface area contributed by atoms with Crippen molar-refractivity contribution in [2.45, 2.75) is 0 Å². The zero-order valence-electron chi connectivity index (χ0n) is 16.4. The van der Waals surface area contributed by atoms with E-state index in [1.165, 1.54) is 48.5 Å². The van der Waals surface area contributed by atoms with Crippen molar-refractivity contribution in [2.24, 2.45) is 0 Å². The van der Waals surface area contributed by atoms with E-state index in [-0.39, 0.29) is 18.2 Å². The van der Waals surface area contributed by atoms with E-state index in [4.69, 9.17) is 9.26 Å². The van der Waals surface area contributed by atoms with Gasteiger partial charge in [0.1, 0.15) is 11.6 Å². The van der Waals surface area contributed by atoms with Crippen molar-refractivity contribution in [1.82, 2.24) is 10.1 Å². The smallest absolute Gasteiger partial charge is 0.269 e. The zero-order valence-corrected chi connectivity index (χ0v) is 16.4. The number of hydrogen-bond acceptors (Lipinski definition) is 7. The van der Waals surface area contributed by atoms with Crippen molar-refractivity contribution in [3.63, 3.8) is 0 Å². The van der Waals surface area contributed by atoms with Gasteiger partial charge < -0.3 is 14.6 Å². The van der Waals surface area contributed by atoms with E-state index in [9.17, 15) is 19.3 Å². The lowest BCUT2D eigenvalue weighted by molar-refractivity contribution is -0.384. The Kier molecular flexibility index (Phi) is 5.84. The second-order valence-corrected chi connectivity index (χ2v) is 6.60. The van der Waals surface area contributed by atoms with Crippen LogP contribution in [-0.2, 0) is 4.79 Å². The Bertz CT molecular complexity index is 1260. The third-order valence-electron chi connectivity index (χ3n) is 4.34. The van der Waals surface area contributed by atoms with Crippen molar-refractivity contribution in [2.75, 3.05) is 11.9 Å². The maximum atomic E-state index is 12.9. The summed E-state index contributed by atoms with van der Waals surface area (Å²) in [7, 11) is 0. The molecule has 0 saturated carbocycles. The number of anilines is 1. The SMILES string of the molecule is O=C(COc1cccc(-c2noc(-c3ccc([N+](=O)[O-])cc3)n2)c1)Nc1ccc(F)cc1. The van der Waals surface area contributed by atoms with Gasteiger partial charge in [0.15, 0.2) is 6.61 Å². The highest BCUT2D eigenvalue weighted by atomic mass is 19.1. The Balaban J connectivity index is 1.41. The molecule has 0 atom stereocenters. The van der Waals surface area contributed by atoms with Crippen LogP contribution in [0, 0.1) is 15.9 Å². The number of ether oxygens (including phenoxy) is 1. The highest BCUT2D eigenvalue weighted by molar-refractivity contribution is 5.91. The average molecular weight is 434 g/mol. The summed E-state index contributed by atoms with van der Waals surface area (Å²) in [6, 6.07) is 17.9. The van der Waals surface area contributed by atoms with Crippen LogP contribution in [0.15, 0.2) is 77.3 Å². The van der Waals surface area contributed by atoms with Crippen LogP contribution in [0.3, 0.4) is 0 Å². The number of nitrogens with one attached hydrogen (secondary N) is 1. The van der Waals surface area contributed by atoms with Gasteiger partial charge in [-0.25, -0.2) is 4.39 Å². The fraction of sp³-hybridized carbons (Fsp3) is 0.0455. The highest BCUT2D eigenvalue weighted by Crippen LogP contribution is 2.26. The van der Waals surface area contributed by atoms with Crippen molar-refractivity contribution < 1.29 is 23.4 Å². The molecule has 9 nitrogen and oxygen atoms in total. The van der Waals surface area contributed by atoms with E-state index in [0.717, 1.165) is 0 Å². The molecule has 3 aromatic carbocycles. The van der Waals surface area contributed by atoms with Gasteiger partial charge in [0.05, 0.1) is 4.92 Å². The lowest BCUT2D eigenvalue weighted by Gasteiger charge is -2.08. The molecule has 10 heteroatoms. The number of nitrogens with zero attached hydrogens (tertiary/aromatic N) is 3. The molecular weight excluding hydrogens is 419 g/mol. The van der Waals surface area contributed by atoms with Gasteiger partial charge in [-0.15, -0.1) is 0 Å². The van der Waals surface area contributed by atoms with Crippen molar-refractivity contribution in [3.8, 4) is 28.6 Å². The van der Waals surface area contributed by atoms with Crippen molar-refractivity contribution in [1.29, 1.82) is 0 Å². The molecule has 1 N–H and O–H groups in total. The summed E-state index contributed by atoms with van der Waals surface area (Å²) in [5, 5.41) is 17.3. The van der Waals surface area contributed by atoms with Crippen molar-refractivity contribution >= 4 is 17.3 Å². The van der Waals surface area contributed by atoms with Gasteiger partial charge in [0.2, 0.25) is 5.82 Å². The first-order chi connectivity index (χ1) is 15.5. The van der Waals surface area contributed by atoms with E-state index in [1.807, 2.05) is 0 Å². The Labute approximate surface area is 180 Å². The minimum absolute atomic E-state index is 0.0400. The molecule has 0 saturated heterocycles. The predicted molar refractivity (Wildman–Crippen MR) is 112 cm³/mol. The number of nitro groups is 1. The number of benzene rings is 3. The Morgan fingerprint density at radius 3 is 2.53 bits per heavy atom. The molecule has 0 radical (unpaired) electrons. The number of amides is 1. The van der Waals surface area contributed by atoms with E-state index in [1.54, 1.807) is 24.3 Å². The number of non-ortho nitro benzene ring substituents is 1. The zero-order chi connectivity index (χ0) is 22.5. The molecular formula is C22H15FN4O5. The summed E-state index contributed by atoms with van der Waals surface area (Å²) < 4.78 is 23.7. The van der Waals surface area contributed by atoms with Crippen LogP contribution in [0.25, 0.3) is 22.8 Å². The normalized spacial score (nSPS) is 10.5. The summed E-state index contributed by atoms with van der Waals surface area (Å²) >= 11 is 0. The first-order valence-electron chi connectivity index (χ1n) is 9.35. The maximum absolute atomic E-state index is 12.9. The number of aromatic nitrogens is 2. The number of carbonyl (C=O) groups excluding carboxylic acids is 1. The standard InChI is InChI=1S/C22H15FN4O5/c23-16-6-8-17(9-7-16)24-20(28)13-31-19-3-1-2-15(12-19)21-25-22(32-26-21)14-4-10-18(11-5-14)27(29)30/h1-12H,13H2,(H,24,28). The third kappa shape index (κ3) is 4.93. The van der Waals surface area contributed by atoms with Crippen LogP contribution in [0.1, 0.15) is 0 Å². The molecule has 1 aromatic heterocycles. The van der Waals surface area contributed by atoms with Gasteiger partial charge in [0, 0.05) is 28.9 Å². The van der Waals surface area contributed by atoms with Crippen LogP contribution in [-0.4, -0.2) is 27.6 Å². The van der Waals surface area contributed by atoms with Crippen molar-refractivity contribution in [3.05, 3.63) is 88.7 Å². The van der Waals surface area contributed by atoms with Gasteiger partial charge in [-0.05, 0) is 48.5 Å². The summed E-state index contributed by atoms with van der Waals surface area (Å²) in [5.74, 6) is 0.120. The number of nitro benzene ring substituents is 1. The Morgan fingerprint density at radius 1 is 1.06 bits per heavy atom. The highest BCUT2D eigenvalue weighted by Gasteiger charge is 2.13. The largest absolute Gasteiger partial charge is 0.484 e. The number of hydrogen-bond donors (Lipinski definition) is 1. The molecule has 160 valence electrons. The number of rotatable bonds is 7. The molecule has 0 unspecified atom stereocenters. The van der Waals surface area contributed by atoms with E-state index in [2.05, 4.69) is 15.5 Å². The summed E-state index contributed by atoms with van der Waals surface area (Å²) in [6.45, 7) is -0.249. The minimum atomic E-state index is -0.492. The van der Waals surface area contributed by atoms with Crippen LogP contribution in [0.2, 0.25) is 0 Å². The third-order valence-corrected chi connectivity index (χ3v) is 4.34. The molecule has 0 aliphatic carbocycles. The second-order valence-electron chi connectivity index (χ2n) is 6.60. The lowest BCUT2D eigenvalue weighted by atomic mass is 10.2. The van der Waals surface area contributed by atoms with Crippen LogP contribution in [0.4, 0.5) is 15.8 Å². The summed E-state index contributed by atoms with van der Waals surface area (Å²) in [6.07, 6.45) is 0. The molecule has 4 aromatic rings. The molecule has 32 heavy (non-hydrogen) atoms. The molecule has 0 bridgehead atoms. The van der Waals surface area contributed by atoms with E-state index >= 15 is 0 Å². The maximum Gasteiger partial charge on any atom is 0.269 e. The van der Waals surface area contributed by atoms with Gasteiger partial charge in [0.25, 0.3) is 17.5 Å². The van der Waals surface area contributed by atoms with Gasteiger partial charge in [-0.3, -0.25) is 14.9 Å². The molecule has 1 heterocycles. The second kappa shape index (κ2) is 9.04. The molecule has 0 aliphatic heterocycles. The molecule has 0 spiro atoms. The minimum Gasteiger partial charge on any atom is -0.484 e.